The summed E-state index contributed by atoms with van der Waals surface area (Å²) >= 11 is 0. The molecule has 0 atom stereocenters. The average Bonchev–Trinajstić information content (AvgIpc) is 3.24. The summed E-state index contributed by atoms with van der Waals surface area (Å²) < 4.78 is 0. The smallest absolute Gasteiger partial charge is 0.243 e. The molecule has 14 rings (SSSR count). The fraction of sp³-hybridized carbons (Fsp3) is 0.231. The van der Waals surface area contributed by atoms with Crippen molar-refractivity contribution in [3.05, 3.63) is 144 Å². The number of hydrogen-bond acceptors (Lipinski definition) is 2. The maximum atomic E-state index is 2.64. The van der Waals surface area contributed by atoms with Crippen LogP contribution in [0.3, 0.4) is 0 Å². The Balaban J connectivity index is 1.09. The molecule has 0 N–H and O–H groups in total. The number of fused-ring (bicyclic) bond motifs is 12. The normalized spacial score (nSPS) is 19.5. The summed E-state index contributed by atoms with van der Waals surface area (Å²) in [6.45, 7) is 5.01. The van der Waals surface area contributed by atoms with Crippen LogP contribution in [0, 0.1) is 0 Å². The fourth-order valence-corrected chi connectivity index (χ4v) is 13.8. The topological polar surface area (TPSA) is 6.48 Å². The maximum Gasteiger partial charge on any atom is 0.243 e. The van der Waals surface area contributed by atoms with Crippen molar-refractivity contribution < 1.29 is 0 Å². The second kappa shape index (κ2) is 10.4. The molecule has 0 radical (unpaired) electrons. The van der Waals surface area contributed by atoms with E-state index in [9.17, 15) is 0 Å². The molecule has 0 saturated carbocycles. The van der Waals surface area contributed by atoms with Gasteiger partial charge in [0.25, 0.3) is 0 Å². The zero-order chi connectivity index (χ0) is 36.7. The zero-order valence-corrected chi connectivity index (χ0v) is 32.3. The minimum Gasteiger partial charge on any atom is -0.306 e. The van der Waals surface area contributed by atoms with Gasteiger partial charge in [-0.2, -0.15) is 0 Å². The van der Waals surface area contributed by atoms with Gasteiger partial charge >= 0.3 is 0 Å². The second-order valence-electron chi connectivity index (χ2n) is 18.4. The molecule has 2 nitrogen and oxygen atoms in total. The monoisotopic (exact) mass is 716 g/mol. The molecule has 0 aliphatic carbocycles. The van der Waals surface area contributed by atoms with Gasteiger partial charge in [0.2, 0.25) is 13.4 Å². The molecule has 0 unspecified atom stereocenters. The van der Waals surface area contributed by atoms with E-state index >= 15 is 0 Å². The molecule has 2 saturated heterocycles. The van der Waals surface area contributed by atoms with Crippen LogP contribution >= 0.6 is 0 Å². The Labute approximate surface area is 329 Å². The van der Waals surface area contributed by atoms with Crippen molar-refractivity contribution in [1.82, 2.24) is 9.80 Å². The van der Waals surface area contributed by atoms with Crippen molar-refractivity contribution in [3.63, 3.8) is 0 Å². The molecule has 2 spiro atoms. The highest BCUT2D eigenvalue weighted by Crippen LogP contribution is 2.50. The van der Waals surface area contributed by atoms with Gasteiger partial charge < -0.3 is 9.80 Å². The summed E-state index contributed by atoms with van der Waals surface area (Å²) in [6.07, 6.45) is 4.70. The Hall–Kier alpha value is -5.15. The molecule has 0 bridgehead atoms. The fourth-order valence-electron chi connectivity index (χ4n) is 13.8. The highest BCUT2D eigenvalue weighted by Gasteiger charge is 2.51. The summed E-state index contributed by atoms with van der Waals surface area (Å²) in [6, 6.07) is 49.0. The SMILES string of the molecule is CN1CCC2(CC1)c1ccccc1B1c3c(cccc32)-c2ccc3cc4c5c(ccc6cc1c2c3c65)-c1cccc2c1B4c1ccccc1C21CCN(C)CC1. The lowest BCUT2D eigenvalue weighted by Crippen LogP contribution is -2.65. The molecule has 8 aromatic carbocycles. The van der Waals surface area contributed by atoms with Crippen molar-refractivity contribution in [2.24, 2.45) is 0 Å². The lowest BCUT2D eigenvalue weighted by atomic mass is 9.28. The first-order chi connectivity index (χ1) is 27.6. The zero-order valence-electron chi connectivity index (χ0n) is 32.3. The van der Waals surface area contributed by atoms with Gasteiger partial charge in [-0.3, -0.25) is 0 Å². The first-order valence-corrected chi connectivity index (χ1v) is 21.2. The number of benzene rings is 8. The third-order valence-electron chi connectivity index (χ3n) is 16.2. The van der Waals surface area contributed by atoms with E-state index in [0.29, 0.717) is 0 Å². The van der Waals surface area contributed by atoms with Gasteiger partial charge in [-0.1, -0.05) is 154 Å². The summed E-state index contributed by atoms with van der Waals surface area (Å²) in [5, 5.41) is 8.69. The molecule has 0 amide bonds. The first kappa shape index (κ1) is 31.0. The van der Waals surface area contributed by atoms with E-state index in [0.717, 1.165) is 26.2 Å². The van der Waals surface area contributed by atoms with Gasteiger partial charge in [0, 0.05) is 10.8 Å². The number of hydrogen-bond donors (Lipinski definition) is 0. The highest BCUT2D eigenvalue weighted by molar-refractivity contribution is 7.01. The number of rotatable bonds is 0. The third-order valence-corrected chi connectivity index (χ3v) is 16.2. The minimum absolute atomic E-state index is 0.0646. The third kappa shape index (κ3) is 3.50. The van der Waals surface area contributed by atoms with E-state index in [1.54, 1.807) is 33.2 Å². The van der Waals surface area contributed by atoms with Crippen LogP contribution in [-0.2, 0) is 10.8 Å². The Morgan fingerprint density at radius 1 is 0.393 bits per heavy atom. The molecular weight excluding hydrogens is 674 g/mol. The highest BCUT2D eigenvalue weighted by atomic mass is 15.1. The van der Waals surface area contributed by atoms with Gasteiger partial charge in [-0.25, -0.2) is 0 Å². The Bertz CT molecular complexity index is 2850. The Morgan fingerprint density at radius 2 is 0.804 bits per heavy atom. The summed E-state index contributed by atoms with van der Waals surface area (Å²) in [4.78, 5) is 5.05. The van der Waals surface area contributed by atoms with Crippen LogP contribution in [0.25, 0.3) is 54.6 Å². The van der Waals surface area contributed by atoms with Crippen LogP contribution in [-0.4, -0.2) is 63.5 Å². The Morgan fingerprint density at radius 3 is 1.25 bits per heavy atom. The van der Waals surface area contributed by atoms with Crippen molar-refractivity contribution in [2.75, 3.05) is 40.3 Å². The summed E-state index contributed by atoms with van der Waals surface area (Å²) in [5.74, 6) is 0. The molecule has 6 aliphatic heterocycles. The molecule has 0 aromatic heterocycles. The van der Waals surface area contributed by atoms with Crippen LogP contribution in [0.5, 0.6) is 0 Å². The van der Waals surface area contributed by atoms with E-state index < -0.39 is 0 Å². The van der Waals surface area contributed by atoms with Gasteiger partial charge in [0.1, 0.15) is 0 Å². The van der Waals surface area contributed by atoms with Crippen molar-refractivity contribution in [1.29, 1.82) is 0 Å². The number of likely N-dealkylation sites (tertiary alicyclic amines) is 2. The van der Waals surface area contributed by atoms with E-state index in [4.69, 9.17) is 0 Å². The minimum atomic E-state index is 0.0646. The van der Waals surface area contributed by atoms with Crippen molar-refractivity contribution in [3.8, 4) is 22.3 Å². The lowest BCUT2D eigenvalue weighted by molar-refractivity contribution is 0.214. The predicted octanol–water partition coefficient (Wildman–Crippen LogP) is 6.23. The van der Waals surface area contributed by atoms with E-state index in [-0.39, 0.29) is 24.3 Å². The number of nitrogens with zero attached hydrogens (tertiary/aromatic N) is 2. The van der Waals surface area contributed by atoms with Gasteiger partial charge in [0.05, 0.1) is 0 Å². The Kier molecular flexibility index (Phi) is 5.77. The first-order valence-electron chi connectivity index (χ1n) is 21.2. The number of piperidine rings is 2. The molecule has 8 aromatic rings. The van der Waals surface area contributed by atoms with Crippen LogP contribution in [0.4, 0.5) is 0 Å². The molecule has 266 valence electrons. The van der Waals surface area contributed by atoms with Crippen molar-refractivity contribution >= 4 is 78.5 Å². The molecule has 4 heteroatoms. The summed E-state index contributed by atoms with van der Waals surface area (Å²) in [7, 11) is 4.59. The van der Waals surface area contributed by atoms with Crippen LogP contribution in [0.2, 0.25) is 0 Å². The maximum absolute atomic E-state index is 2.64. The van der Waals surface area contributed by atoms with Gasteiger partial charge in [-0.05, 0) is 143 Å². The summed E-state index contributed by atoms with van der Waals surface area (Å²) in [5.41, 5.74) is 21.4. The molecule has 56 heavy (non-hydrogen) atoms. The van der Waals surface area contributed by atoms with E-state index in [2.05, 4.69) is 145 Å². The van der Waals surface area contributed by atoms with E-state index in [1.807, 2.05) is 0 Å². The van der Waals surface area contributed by atoms with Gasteiger partial charge in [-0.15, -0.1) is 0 Å². The standard InChI is InChI=1S/C52H42B2N2/c1-55-25-21-51(22-26-55)37-11-3-5-15-41(37)53-43-29-31-18-20-34-36-10-8-14-40-50(36)54(42-16-6-4-12-38(42)52(40)23-27-56(2)28-24-52)44-30-32-17-19-33(35-9-7-13-39(51)49(35)53)47(43)45(32)46(31)48(34)44/h3-20,29-30H,21-28H2,1-2H3. The second-order valence-corrected chi connectivity index (χ2v) is 18.4. The lowest BCUT2D eigenvalue weighted by Gasteiger charge is -2.49. The largest absolute Gasteiger partial charge is 0.306 e. The van der Waals surface area contributed by atoms with Gasteiger partial charge in [0.15, 0.2) is 0 Å². The van der Waals surface area contributed by atoms with Crippen LogP contribution < -0.4 is 32.8 Å². The van der Waals surface area contributed by atoms with Crippen LogP contribution in [0.15, 0.2) is 121 Å². The molecule has 6 heterocycles. The average molecular weight is 717 g/mol. The molecule has 2 fully saturated rings. The van der Waals surface area contributed by atoms with E-state index in [1.165, 1.54) is 102 Å². The quantitative estimate of drug-likeness (QED) is 0.136. The predicted molar refractivity (Wildman–Crippen MR) is 238 cm³/mol. The van der Waals surface area contributed by atoms with Crippen LogP contribution in [0.1, 0.15) is 47.9 Å². The molecular formula is C52H42B2N2. The van der Waals surface area contributed by atoms with Crippen molar-refractivity contribution in [2.45, 2.75) is 36.5 Å². The molecule has 6 aliphatic rings.